The molecular weight excluding hydrogens is 194 g/mol. The Kier molecular flexibility index (Phi) is 2.77. The lowest BCUT2D eigenvalue weighted by molar-refractivity contribution is 0.0911. The fourth-order valence-electron chi connectivity index (χ4n) is 1.36. The molecule has 1 aromatic rings. The first-order valence-corrected chi connectivity index (χ1v) is 4.89. The smallest absolute Gasteiger partial charge is 0.271 e. The van der Waals surface area contributed by atoms with E-state index in [2.05, 4.69) is 20.7 Å². The average molecular weight is 207 g/mol. The summed E-state index contributed by atoms with van der Waals surface area (Å²) >= 11 is 0. The number of nitrogen functional groups attached to an aromatic ring is 1. The van der Waals surface area contributed by atoms with Crippen LogP contribution in [0.2, 0.25) is 0 Å². The van der Waals surface area contributed by atoms with Crippen LogP contribution in [-0.4, -0.2) is 21.9 Å². The highest BCUT2D eigenvalue weighted by molar-refractivity contribution is 5.92. The van der Waals surface area contributed by atoms with Gasteiger partial charge in [-0.1, -0.05) is 0 Å². The number of amides is 1. The molecule has 2 rings (SSSR count). The Morgan fingerprint density at radius 1 is 1.47 bits per heavy atom. The normalized spacial score (nSPS) is 15.5. The molecule has 1 aliphatic carbocycles. The molecule has 0 bridgehead atoms. The molecule has 0 aliphatic heterocycles. The van der Waals surface area contributed by atoms with Crippen molar-refractivity contribution in [2.45, 2.75) is 25.3 Å². The zero-order chi connectivity index (χ0) is 10.7. The van der Waals surface area contributed by atoms with Gasteiger partial charge in [0, 0.05) is 6.04 Å². The maximum atomic E-state index is 11.6. The summed E-state index contributed by atoms with van der Waals surface area (Å²) in [6, 6.07) is 0.300. The molecule has 4 N–H and O–H groups in total. The van der Waals surface area contributed by atoms with Gasteiger partial charge in [0.2, 0.25) is 0 Å². The van der Waals surface area contributed by atoms with Gasteiger partial charge < -0.3 is 10.7 Å². The van der Waals surface area contributed by atoms with E-state index in [0.29, 0.717) is 11.9 Å². The quantitative estimate of drug-likeness (QED) is 0.481. The van der Waals surface area contributed by atoms with Crippen molar-refractivity contribution in [2.24, 2.45) is 5.84 Å². The summed E-state index contributed by atoms with van der Waals surface area (Å²) in [5.41, 5.74) is 2.64. The first-order valence-electron chi connectivity index (χ1n) is 4.89. The lowest BCUT2D eigenvalue weighted by Crippen LogP contribution is -2.39. The number of hydrazine groups is 1. The molecule has 80 valence electrons. The lowest BCUT2D eigenvalue weighted by Gasteiger charge is -2.26. The number of anilines is 1. The van der Waals surface area contributed by atoms with E-state index >= 15 is 0 Å². The van der Waals surface area contributed by atoms with E-state index in [0.717, 1.165) is 12.8 Å². The maximum Gasteiger partial charge on any atom is 0.271 e. The van der Waals surface area contributed by atoms with E-state index < -0.39 is 0 Å². The van der Waals surface area contributed by atoms with Crippen LogP contribution in [0.3, 0.4) is 0 Å². The van der Waals surface area contributed by atoms with E-state index in [1.165, 1.54) is 18.8 Å². The highest BCUT2D eigenvalue weighted by Crippen LogP contribution is 2.18. The Hall–Kier alpha value is -1.69. The molecular formula is C9H13N5O. The van der Waals surface area contributed by atoms with Gasteiger partial charge in [0.05, 0.1) is 12.4 Å². The molecule has 1 heterocycles. The fourth-order valence-corrected chi connectivity index (χ4v) is 1.36. The van der Waals surface area contributed by atoms with Crippen molar-refractivity contribution in [3.63, 3.8) is 0 Å². The summed E-state index contributed by atoms with van der Waals surface area (Å²) in [7, 11) is 0. The molecule has 0 saturated heterocycles. The van der Waals surface area contributed by atoms with Gasteiger partial charge in [-0.3, -0.25) is 9.78 Å². The molecule has 1 saturated carbocycles. The second-order valence-corrected chi connectivity index (χ2v) is 3.54. The van der Waals surface area contributed by atoms with Crippen molar-refractivity contribution in [1.82, 2.24) is 15.3 Å². The molecule has 15 heavy (non-hydrogen) atoms. The second-order valence-electron chi connectivity index (χ2n) is 3.54. The van der Waals surface area contributed by atoms with E-state index in [4.69, 9.17) is 5.84 Å². The number of hydrogen-bond donors (Lipinski definition) is 3. The number of aromatic nitrogens is 2. The maximum absolute atomic E-state index is 11.6. The number of hydrogen-bond acceptors (Lipinski definition) is 5. The molecule has 6 nitrogen and oxygen atoms in total. The molecule has 0 unspecified atom stereocenters. The summed E-state index contributed by atoms with van der Waals surface area (Å²) in [6.07, 6.45) is 6.16. The van der Waals surface area contributed by atoms with Crippen LogP contribution in [0.5, 0.6) is 0 Å². The highest BCUT2D eigenvalue weighted by atomic mass is 16.2. The van der Waals surface area contributed by atoms with Crippen molar-refractivity contribution in [2.75, 3.05) is 5.43 Å². The third-order valence-electron chi connectivity index (χ3n) is 2.46. The molecule has 0 radical (unpaired) electrons. The standard InChI is InChI=1S/C9H13N5O/c10-14-8-5-11-4-7(13-8)9(15)12-6-2-1-3-6/h4-6H,1-3,10H2,(H,12,15)(H,13,14). The number of nitrogens with one attached hydrogen (secondary N) is 2. The third-order valence-corrected chi connectivity index (χ3v) is 2.46. The monoisotopic (exact) mass is 207 g/mol. The van der Waals surface area contributed by atoms with Crippen molar-refractivity contribution in [3.8, 4) is 0 Å². The summed E-state index contributed by atoms with van der Waals surface area (Å²) in [4.78, 5) is 19.5. The van der Waals surface area contributed by atoms with Crippen LogP contribution in [0.4, 0.5) is 5.82 Å². The van der Waals surface area contributed by atoms with Crippen molar-refractivity contribution in [1.29, 1.82) is 0 Å². The van der Waals surface area contributed by atoms with Crippen LogP contribution in [0.1, 0.15) is 29.8 Å². The van der Waals surface area contributed by atoms with Crippen LogP contribution in [0.15, 0.2) is 12.4 Å². The Labute approximate surface area is 87.3 Å². The minimum atomic E-state index is -0.190. The zero-order valence-electron chi connectivity index (χ0n) is 8.23. The van der Waals surface area contributed by atoms with Gasteiger partial charge in [0.15, 0.2) is 5.82 Å². The van der Waals surface area contributed by atoms with Gasteiger partial charge in [0.1, 0.15) is 5.69 Å². The molecule has 6 heteroatoms. The molecule has 1 amide bonds. The van der Waals surface area contributed by atoms with Crippen LogP contribution >= 0.6 is 0 Å². The van der Waals surface area contributed by atoms with Crippen LogP contribution in [-0.2, 0) is 0 Å². The van der Waals surface area contributed by atoms with Gasteiger partial charge in [-0.15, -0.1) is 0 Å². The lowest BCUT2D eigenvalue weighted by atomic mass is 9.93. The van der Waals surface area contributed by atoms with Gasteiger partial charge in [-0.25, -0.2) is 10.8 Å². The highest BCUT2D eigenvalue weighted by Gasteiger charge is 2.20. The average Bonchev–Trinajstić information content (AvgIpc) is 2.23. The molecule has 0 atom stereocenters. The second kappa shape index (κ2) is 4.22. The number of carbonyl (C=O) groups is 1. The topological polar surface area (TPSA) is 92.9 Å². The Balaban J connectivity index is 2.03. The predicted molar refractivity (Wildman–Crippen MR) is 54.9 cm³/mol. The predicted octanol–water partition coefficient (Wildman–Crippen LogP) is 0.0445. The van der Waals surface area contributed by atoms with E-state index in [1.807, 2.05) is 0 Å². The Bertz CT molecular complexity index is 363. The third kappa shape index (κ3) is 2.21. The first-order chi connectivity index (χ1) is 7.29. The number of nitrogens with zero attached hydrogens (tertiary/aromatic N) is 2. The van der Waals surface area contributed by atoms with Crippen molar-refractivity contribution < 1.29 is 4.79 Å². The van der Waals surface area contributed by atoms with E-state index in [-0.39, 0.29) is 11.6 Å². The number of rotatable bonds is 3. The van der Waals surface area contributed by atoms with E-state index in [9.17, 15) is 4.79 Å². The minimum absolute atomic E-state index is 0.190. The van der Waals surface area contributed by atoms with Crippen molar-refractivity contribution in [3.05, 3.63) is 18.1 Å². The van der Waals surface area contributed by atoms with Crippen LogP contribution < -0.4 is 16.6 Å². The molecule has 0 spiro atoms. The largest absolute Gasteiger partial charge is 0.348 e. The van der Waals surface area contributed by atoms with Gasteiger partial charge in [0.25, 0.3) is 5.91 Å². The summed E-state index contributed by atoms with van der Waals surface area (Å²) in [6.45, 7) is 0. The van der Waals surface area contributed by atoms with Gasteiger partial charge in [-0.05, 0) is 19.3 Å². The molecule has 0 aromatic carbocycles. The SMILES string of the molecule is NNc1cncc(C(=O)NC2CCC2)n1. The zero-order valence-corrected chi connectivity index (χ0v) is 8.23. The van der Waals surface area contributed by atoms with Crippen LogP contribution in [0.25, 0.3) is 0 Å². The molecule has 1 aromatic heterocycles. The minimum Gasteiger partial charge on any atom is -0.348 e. The molecule has 1 fully saturated rings. The Morgan fingerprint density at radius 2 is 2.27 bits per heavy atom. The number of carbonyl (C=O) groups excluding carboxylic acids is 1. The summed E-state index contributed by atoms with van der Waals surface area (Å²) in [5.74, 6) is 5.37. The van der Waals surface area contributed by atoms with Gasteiger partial charge in [-0.2, -0.15) is 0 Å². The van der Waals surface area contributed by atoms with E-state index in [1.54, 1.807) is 0 Å². The fraction of sp³-hybridized carbons (Fsp3) is 0.444. The van der Waals surface area contributed by atoms with Crippen LogP contribution in [0, 0.1) is 0 Å². The first kappa shape index (κ1) is 9.85. The summed E-state index contributed by atoms with van der Waals surface area (Å²) < 4.78 is 0. The summed E-state index contributed by atoms with van der Waals surface area (Å²) in [5, 5.41) is 2.87. The Morgan fingerprint density at radius 3 is 2.87 bits per heavy atom. The van der Waals surface area contributed by atoms with Crippen molar-refractivity contribution >= 4 is 11.7 Å². The molecule has 1 aliphatic rings. The van der Waals surface area contributed by atoms with Gasteiger partial charge >= 0.3 is 0 Å². The number of nitrogens with two attached hydrogens (primary N) is 1.